The van der Waals surface area contributed by atoms with Gasteiger partial charge in [0.15, 0.2) is 11.6 Å². The van der Waals surface area contributed by atoms with Crippen LogP contribution in [0.5, 0.6) is 0 Å². The Morgan fingerprint density at radius 1 is 1.13 bits per heavy atom. The van der Waals surface area contributed by atoms with E-state index >= 15 is 0 Å². The third-order valence-electron chi connectivity index (χ3n) is 5.62. The molecule has 0 radical (unpaired) electrons. The highest BCUT2D eigenvalue weighted by Crippen LogP contribution is 2.30. The lowest BCUT2D eigenvalue weighted by Crippen LogP contribution is -2.38. The number of benzene rings is 1. The summed E-state index contributed by atoms with van der Waals surface area (Å²) >= 11 is 0. The highest BCUT2D eigenvalue weighted by Gasteiger charge is 2.37. The molecule has 1 aliphatic rings. The van der Waals surface area contributed by atoms with Gasteiger partial charge in [-0.25, -0.2) is 23.1 Å². The summed E-state index contributed by atoms with van der Waals surface area (Å²) in [5, 5.41) is 11.7. The van der Waals surface area contributed by atoms with Crippen molar-refractivity contribution in [1.29, 1.82) is 0 Å². The lowest BCUT2D eigenvalue weighted by molar-refractivity contribution is -0.144. The fraction of sp³-hybridized carbons (Fsp3) is 0.364. The standard InChI is InChI=1S/C22H21F6N9O/c1-13-32-20(22(26,27)28)34-37(13)19-17(25)11-30-21(33-19)35(5-4-29-12-38)6-7-36-18(2-3-31-36)14-8-15(23)10-16(24)9-14/h3,8-12,18H,2,4-7H2,1H3,(H,29,38). The summed E-state index contributed by atoms with van der Waals surface area (Å²) in [5.41, 5.74) is 0.386. The number of anilines is 1. The van der Waals surface area contributed by atoms with Gasteiger partial charge in [-0.2, -0.15) is 27.9 Å². The average Bonchev–Trinajstić information content (AvgIpc) is 3.48. The van der Waals surface area contributed by atoms with E-state index in [-0.39, 0.29) is 38.0 Å². The van der Waals surface area contributed by atoms with Gasteiger partial charge in [-0.05, 0) is 24.6 Å². The summed E-state index contributed by atoms with van der Waals surface area (Å²) in [4.78, 5) is 23.7. The van der Waals surface area contributed by atoms with Gasteiger partial charge in [-0.3, -0.25) is 9.80 Å². The number of amides is 1. The summed E-state index contributed by atoms with van der Waals surface area (Å²) in [5.74, 6) is -4.78. The summed E-state index contributed by atoms with van der Waals surface area (Å²) in [6, 6.07) is 2.75. The fourth-order valence-corrected chi connectivity index (χ4v) is 3.90. The van der Waals surface area contributed by atoms with Gasteiger partial charge in [0.2, 0.25) is 12.4 Å². The number of hydrazone groups is 1. The maximum Gasteiger partial charge on any atom is 0.453 e. The van der Waals surface area contributed by atoms with Crippen LogP contribution in [0, 0.1) is 24.4 Å². The largest absolute Gasteiger partial charge is 0.453 e. The van der Waals surface area contributed by atoms with Gasteiger partial charge in [-0.1, -0.05) is 0 Å². The van der Waals surface area contributed by atoms with Gasteiger partial charge >= 0.3 is 6.18 Å². The first-order chi connectivity index (χ1) is 18.1. The Labute approximate surface area is 212 Å². The number of hydrogen-bond donors (Lipinski definition) is 1. The van der Waals surface area contributed by atoms with Crippen LogP contribution in [0.15, 0.2) is 29.5 Å². The van der Waals surface area contributed by atoms with Crippen LogP contribution in [0.2, 0.25) is 0 Å². The van der Waals surface area contributed by atoms with Gasteiger partial charge in [0, 0.05) is 38.3 Å². The van der Waals surface area contributed by atoms with Crippen molar-refractivity contribution in [2.45, 2.75) is 25.6 Å². The molecule has 38 heavy (non-hydrogen) atoms. The van der Waals surface area contributed by atoms with Gasteiger partial charge in [0.1, 0.15) is 17.5 Å². The van der Waals surface area contributed by atoms with E-state index in [1.165, 1.54) is 19.1 Å². The molecule has 1 aromatic carbocycles. The second kappa shape index (κ2) is 11.0. The van der Waals surface area contributed by atoms with Gasteiger partial charge in [0.25, 0.3) is 5.82 Å². The molecule has 0 spiro atoms. The molecule has 16 heteroatoms. The molecule has 3 heterocycles. The minimum atomic E-state index is -4.84. The van der Waals surface area contributed by atoms with E-state index in [0.29, 0.717) is 23.1 Å². The first-order valence-electron chi connectivity index (χ1n) is 11.3. The van der Waals surface area contributed by atoms with Crippen LogP contribution in [0.3, 0.4) is 0 Å². The first-order valence-corrected chi connectivity index (χ1v) is 11.3. The van der Waals surface area contributed by atoms with Crippen LogP contribution in [-0.2, 0) is 11.0 Å². The molecular formula is C22H21F6N9O. The number of alkyl halides is 3. The molecule has 0 fully saturated rings. The quantitative estimate of drug-likeness (QED) is 0.239. The summed E-state index contributed by atoms with van der Waals surface area (Å²) in [6.45, 7) is 1.86. The van der Waals surface area contributed by atoms with Crippen LogP contribution in [0.1, 0.15) is 29.7 Å². The number of nitrogens with zero attached hydrogens (tertiary/aromatic N) is 8. The number of carbonyl (C=O) groups is 1. The van der Waals surface area contributed by atoms with E-state index in [1.54, 1.807) is 16.1 Å². The summed E-state index contributed by atoms with van der Waals surface area (Å²) in [7, 11) is 0. The number of hydrogen-bond acceptors (Lipinski definition) is 8. The van der Waals surface area contributed by atoms with E-state index in [1.807, 2.05) is 0 Å². The minimum Gasteiger partial charge on any atom is -0.357 e. The van der Waals surface area contributed by atoms with E-state index in [0.717, 1.165) is 12.3 Å². The van der Waals surface area contributed by atoms with Crippen molar-refractivity contribution in [1.82, 2.24) is 35.1 Å². The van der Waals surface area contributed by atoms with Gasteiger partial charge < -0.3 is 10.2 Å². The summed E-state index contributed by atoms with van der Waals surface area (Å²) < 4.78 is 81.9. The molecule has 0 bridgehead atoms. The Balaban J connectivity index is 1.58. The van der Waals surface area contributed by atoms with Crippen molar-refractivity contribution in [2.24, 2.45) is 5.10 Å². The maximum absolute atomic E-state index is 14.6. The molecule has 1 unspecified atom stereocenters. The van der Waals surface area contributed by atoms with Crippen LogP contribution >= 0.6 is 0 Å². The summed E-state index contributed by atoms with van der Waals surface area (Å²) in [6.07, 6.45) is -1.57. The molecule has 4 rings (SSSR count). The van der Waals surface area contributed by atoms with Crippen LogP contribution < -0.4 is 10.2 Å². The number of aryl methyl sites for hydroxylation is 1. The molecule has 1 amide bonds. The Hall–Kier alpha value is -4.24. The van der Waals surface area contributed by atoms with E-state index < -0.39 is 41.3 Å². The smallest absolute Gasteiger partial charge is 0.357 e. The molecule has 1 aliphatic heterocycles. The van der Waals surface area contributed by atoms with Gasteiger partial charge in [0.05, 0.1) is 18.8 Å². The topological polar surface area (TPSA) is 104 Å². The second-order valence-corrected chi connectivity index (χ2v) is 8.21. The number of carbonyl (C=O) groups excluding carboxylic acids is 1. The number of aromatic nitrogens is 5. The Kier molecular flexibility index (Phi) is 7.78. The van der Waals surface area contributed by atoms with Crippen LogP contribution in [-0.4, -0.2) is 68.5 Å². The lowest BCUT2D eigenvalue weighted by atomic mass is 10.0. The van der Waals surface area contributed by atoms with Crippen molar-refractivity contribution in [3.05, 3.63) is 59.1 Å². The first kappa shape index (κ1) is 26.8. The molecule has 1 N–H and O–H groups in total. The predicted molar refractivity (Wildman–Crippen MR) is 122 cm³/mol. The SMILES string of the molecule is Cc1nc(C(F)(F)F)nn1-c1nc(N(CCNC=O)CCN2N=CCC2c2cc(F)cc(F)c2)ncc1F. The lowest BCUT2D eigenvalue weighted by Gasteiger charge is -2.28. The Morgan fingerprint density at radius 3 is 2.53 bits per heavy atom. The zero-order valence-electron chi connectivity index (χ0n) is 19.8. The van der Waals surface area contributed by atoms with Crippen LogP contribution in [0.25, 0.3) is 5.82 Å². The fourth-order valence-electron chi connectivity index (χ4n) is 3.90. The molecule has 202 valence electrons. The Morgan fingerprint density at radius 2 is 1.87 bits per heavy atom. The molecule has 0 saturated carbocycles. The molecule has 3 aromatic rings. The molecule has 2 aromatic heterocycles. The van der Waals surface area contributed by atoms with Crippen LogP contribution in [0.4, 0.5) is 32.3 Å². The van der Waals surface area contributed by atoms with E-state index in [2.05, 4.69) is 30.5 Å². The van der Waals surface area contributed by atoms with Crippen molar-refractivity contribution >= 4 is 18.6 Å². The normalized spacial score (nSPS) is 15.2. The van der Waals surface area contributed by atoms with Crippen molar-refractivity contribution in [3.63, 3.8) is 0 Å². The number of halogens is 6. The van der Waals surface area contributed by atoms with Crippen molar-refractivity contribution in [3.8, 4) is 5.82 Å². The molecule has 1 atom stereocenters. The third kappa shape index (κ3) is 6.00. The molecular weight excluding hydrogens is 520 g/mol. The maximum atomic E-state index is 14.6. The molecule has 0 aliphatic carbocycles. The van der Waals surface area contributed by atoms with E-state index in [9.17, 15) is 31.1 Å². The van der Waals surface area contributed by atoms with Gasteiger partial charge in [-0.15, -0.1) is 5.10 Å². The van der Waals surface area contributed by atoms with E-state index in [4.69, 9.17) is 0 Å². The predicted octanol–water partition coefficient (Wildman–Crippen LogP) is 2.79. The number of rotatable bonds is 10. The highest BCUT2D eigenvalue weighted by molar-refractivity contribution is 5.60. The second-order valence-electron chi connectivity index (χ2n) is 8.21. The molecule has 0 saturated heterocycles. The minimum absolute atomic E-state index is 0.0610. The Bertz CT molecular complexity index is 1310. The average molecular weight is 541 g/mol. The molecule has 10 nitrogen and oxygen atoms in total. The monoisotopic (exact) mass is 541 g/mol. The van der Waals surface area contributed by atoms with Crippen molar-refractivity contribution in [2.75, 3.05) is 31.1 Å². The third-order valence-corrected chi connectivity index (χ3v) is 5.62. The zero-order valence-corrected chi connectivity index (χ0v) is 19.8. The highest BCUT2D eigenvalue weighted by atomic mass is 19.4. The number of nitrogens with one attached hydrogen (secondary N) is 1. The van der Waals surface area contributed by atoms with Crippen molar-refractivity contribution < 1.29 is 31.1 Å². The zero-order chi connectivity index (χ0) is 27.4.